The van der Waals surface area contributed by atoms with Crippen LogP contribution in [0.3, 0.4) is 0 Å². The first-order chi connectivity index (χ1) is 13.0. The molecule has 0 atom stereocenters. The number of nitrogens with one attached hydrogen (secondary N) is 2. The predicted octanol–water partition coefficient (Wildman–Crippen LogP) is 3.68. The van der Waals surface area contributed by atoms with Crippen LogP contribution in [-0.2, 0) is 16.8 Å². The summed E-state index contributed by atoms with van der Waals surface area (Å²) in [6, 6.07) is 2.54. The third-order valence-corrected chi connectivity index (χ3v) is 7.07. The van der Waals surface area contributed by atoms with Crippen molar-refractivity contribution in [3.63, 3.8) is 0 Å². The lowest BCUT2D eigenvalue weighted by Gasteiger charge is -2.42. The Bertz CT molecular complexity index is 935. The van der Waals surface area contributed by atoms with Crippen molar-refractivity contribution in [2.24, 2.45) is 0 Å². The SMILES string of the molecule is CC(C)n1cnnc1SCC(=O)Nc1sc2c(c1C#N)CC(C)(C)NC2(C)C. The van der Waals surface area contributed by atoms with Gasteiger partial charge in [0, 0.05) is 22.0 Å². The summed E-state index contributed by atoms with van der Waals surface area (Å²) >= 11 is 2.84. The molecule has 0 saturated heterocycles. The largest absolute Gasteiger partial charge is 0.316 e. The summed E-state index contributed by atoms with van der Waals surface area (Å²) in [5.41, 5.74) is 1.27. The van der Waals surface area contributed by atoms with E-state index in [2.05, 4.69) is 54.6 Å². The number of aromatic nitrogens is 3. The molecule has 0 saturated carbocycles. The number of amides is 1. The fourth-order valence-electron chi connectivity index (χ4n) is 3.72. The highest BCUT2D eigenvalue weighted by Crippen LogP contribution is 2.44. The molecule has 7 nitrogen and oxygen atoms in total. The molecule has 0 aliphatic carbocycles. The fourth-order valence-corrected chi connectivity index (χ4v) is 5.80. The van der Waals surface area contributed by atoms with E-state index in [4.69, 9.17) is 0 Å². The van der Waals surface area contributed by atoms with Crippen LogP contribution < -0.4 is 10.6 Å². The topological polar surface area (TPSA) is 95.6 Å². The summed E-state index contributed by atoms with van der Waals surface area (Å²) in [7, 11) is 0. The Kier molecular flexibility index (Phi) is 5.58. The Hall–Kier alpha value is -1.89. The molecule has 3 rings (SSSR count). The van der Waals surface area contributed by atoms with Crippen LogP contribution in [0, 0.1) is 11.3 Å². The minimum Gasteiger partial charge on any atom is -0.316 e. The van der Waals surface area contributed by atoms with Crippen LogP contribution in [0.5, 0.6) is 0 Å². The Morgan fingerprint density at radius 3 is 2.82 bits per heavy atom. The average Bonchev–Trinajstić information content (AvgIpc) is 3.16. The van der Waals surface area contributed by atoms with Crippen LogP contribution in [0.1, 0.15) is 63.6 Å². The number of thiophene rings is 1. The summed E-state index contributed by atoms with van der Waals surface area (Å²) in [6.07, 6.45) is 2.43. The van der Waals surface area contributed by atoms with E-state index >= 15 is 0 Å². The molecular weight excluding hydrogens is 392 g/mol. The fraction of sp³-hybridized carbons (Fsp3) is 0.579. The van der Waals surface area contributed by atoms with Gasteiger partial charge in [-0.25, -0.2) is 0 Å². The highest BCUT2D eigenvalue weighted by Gasteiger charge is 2.40. The standard InChI is InChI=1S/C19H26N6OS2/c1-11(2)25-10-21-23-17(25)27-9-14(26)22-16-13(8-20)12-7-18(3,4)24-19(5,6)15(12)28-16/h10-11,24H,7,9H2,1-6H3,(H,22,26). The molecule has 1 aliphatic heterocycles. The smallest absolute Gasteiger partial charge is 0.235 e. The Balaban J connectivity index is 1.78. The highest BCUT2D eigenvalue weighted by molar-refractivity contribution is 7.99. The van der Waals surface area contributed by atoms with Gasteiger partial charge in [-0.2, -0.15) is 5.26 Å². The number of anilines is 1. The molecule has 0 bridgehead atoms. The number of carbonyl (C=O) groups excluding carboxylic acids is 1. The second kappa shape index (κ2) is 7.50. The van der Waals surface area contributed by atoms with E-state index in [-0.39, 0.29) is 28.8 Å². The van der Waals surface area contributed by atoms with E-state index < -0.39 is 0 Å². The summed E-state index contributed by atoms with van der Waals surface area (Å²) < 4.78 is 1.93. The molecule has 0 fully saturated rings. The van der Waals surface area contributed by atoms with E-state index in [9.17, 15) is 10.1 Å². The number of hydrogen-bond acceptors (Lipinski definition) is 7. The molecule has 150 valence electrons. The van der Waals surface area contributed by atoms with Crippen molar-refractivity contribution < 1.29 is 4.79 Å². The van der Waals surface area contributed by atoms with Gasteiger partial charge in [-0.05, 0) is 53.5 Å². The number of carbonyl (C=O) groups is 1. The van der Waals surface area contributed by atoms with E-state index in [0.29, 0.717) is 15.7 Å². The molecule has 0 radical (unpaired) electrons. The third kappa shape index (κ3) is 4.09. The number of thioether (sulfide) groups is 1. The summed E-state index contributed by atoms with van der Waals surface area (Å²) in [6.45, 7) is 12.6. The summed E-state index contributed by atoms with van der Waals surface area (Å²) in [4.78, 5) is 13.7. The van der Waals surface area contributed by atoms with Gasteiger partial charge in [-0.1, -0.05) is 11.8 Å². The quantitative estimate of drug-likeness (QED) is 0.719. The van der Waals surface area contributed by atoms with Crippen LogP contribution in [0.2, 0.25) is 0 Å². The second-order valence-corrected chi connectivity index (χ2v) is 10.5. The number of fused-ring (bicyclic) bond motifs is 1. The molecule has 1 amide bonds. The van der Waals surface area contributed by atoms with Gasteiger partial charge >= 0.3 is 0 Å². The van der Waals surface area contributed by atoms with Crippen molar-refractivity contribution in [1.82, 2.24) is 20.1 Å². The molecule has 28 heavy (non-hydrogen) atoms. The van der Waals surface area contributed by atoms with Gasteiger partial charge in [0.05, 0.1) is 11.3 Å². The summed E-state index contributed by atoms with van der Waals surface area (Å²) in [5, 5.41) is 25.7. The van der Waals surface area contributed by atoms with E-state index in [1.54, 1.807) is 6.33 Å². The van der Waals surface area contributed by atoms with Crippen LogP contribution in [0.25, 0.3) is 0 Å². The van der Waals surface area contributed by atoms with Crippen molar-refractivity contribution in [3.8, 4) is 6.07 Å². The molecular formula is C19H26N6OS2. The number of hydrogen-bond donors (Lipinski definition) is 2. The van der Waals surface area contributed by atoms with Crippen molar-refractivity contribution in [1.29, 1.82) is 5.26 Å². The van der Waals surface area contributed by atoms with Gasteiger partial charge in [-0.3, -0.25) is 4.79 Å². The van der Waals surface area contributed by atoms with Crippen LogP contribution in [0.4, 0.5) is 5.00 Å². The van der Waals surface area contributed by atoms with Gasteiger partial charge in [0.1, 0.15) is 17.4 Å². The lowest BCUT2D eigenvalue weighted by Crippen LogP contribution is -2.54. The molecule has 2 N–H and O–H groups in total. The Morgan fingerprint density at radius 2 is 2.18 bits per heavy atom. The van der Waals surface area contributed by atoms with Crippen molar-refractivity contribution in [2.45, 2.75) is 70.2 Å². The molecule has 2 aromatic heterocycles. The third-order valence-electron chi connectivity index (χ3n) is 4.64. The van der Waals surface area contributed by atoms with Gasteiger partial charge in [0.15, 0.2) is 5.16 Å². The van der Waals surface area contributed by atoms with E-state index in [1.165, 1.54) is 23.1 Å². The van der Waals surface area contributed by atoms with Crippen LogP contribution in [0.15, 0.2) is 11.5 Å². The first-order valence-corrected chi connectivity index (χ1v) is 11.0. The lowest BCUT2D eigenvalue weighted by molar-refractivity contribution is -0.113. The molecule has 1 aliphatic rings. The minimum absolute atomic E-state index is 0.110. The maximum Gasteiger partial charge on any atom is 0.235 e. The van der Waals surface area contributed by atoms with Gasteiger partial charge in [0.25, 0.3) is 0 Å². The molecule has 0 unspecified atom stereocenters. The summed E-state index contributed by atoms with van der Waals surface area (Å²) in [5.74, 6) is 0.0647. The maximum absolute atomic E-state index is 12.6. The van der Waals surface area contributed by atoms with E-state index in [0.717, 1.165) is 16.9 Å². The zero-order valence-electron chi connectivity index (χ0n) is 17.1. The zero-order chi connectivity index (χ0) is 20.7. The molecule has 9 heteroatoms. The number of rotatable bonds is 5. The van der Waals surface area contributed by atoms with Gasteiger partial charge in [-0.15, -0.1) is 21.5 Å². The molecule has 0 spiro atoms. The maximum atomic E-state index is 12.6. The second-order valence-electron chi connectivity index (χ2n) is 8.49. The van der Waals surface area contributed by atoms with Crippen LogP contribution >= 0.6 is 23.1 Å². The monoisotopic (exact) mass is 418 g/mol. The predicted molar refractivity (Wildman–Crippen MR) is 113 cm³/mol. The van der Waals surface area contributed by atoms with Gasteiger partial charge in [0.2, 0.25) is 5.91 Å². The zero-order valence-corrected chi connectivity index (χ0v) is 18.7. The molecule has 3 heterocycles. The Morgan fingerprint density at radius 1 is 1.46 bits per heavy atom. The first-order valence-electron chi connectivity index (χ1n) is 9.22. The van der Waals surface area contributed by atoms with E-state index in [1.807, 2.05) is 18.4 Å². The first kappa shape index (κ1) is 20.8. The number of nitrogens with zero attached hydrogens (tertiary/aromatic N) is 4. The normalized spacial score (nSPS) is 17.2. The number of nitriles is 1. The van der Waals surface area contributed by atoms with Crippen molar-refractivity contribution >= 4 is 34.0 Å². The van der Waals surface area contributed by atoms with Crippen molar-refractivity contribution in [3.05, 3.63) is 22.3 Å². The van der Waals surface area contributed by atoms with Crippen LogP contribution in [-0.4, -0.2) is 32.0 Å². The van der Waals surface area contributed by atoms with Crippen molar-refractivity contribution in [2.75, 3.05) is 11.1 Å². The minimum atomic E-state index is -0.251. The Labute approximate surface area is 173 Å². The highest BCUT2D eigenvalue weighted by atomic mass is 32.2. The average molecular weight is 419 g/mol. The lowest BCUT2D eigenvalue weighted by atomic mass is 9.81. The molecule has 0 aromatic carbocycles. The van der Waals surface area contributed by atoms with Gasteiger partial charge < -0.3 is 15.2 Å². The molecule has 2 aromatic rings.